The lowest BCUT2D eigenvalue weighted by atomic mass is 10.1. The van der Waals surface area contributed by atoms with Crippen LogP contribution in [0.3, 0.4) is 0 Å². The SMILES string of the molecule is CCOc1ccc(Br)cc1C(N)COCC(N)=O. The van der Waals surface area contributed by atoms with Crippen LogP contribution in [0.2, 0.25) is 0 Å². The van der Waals surface area contributed by atoms with Crippen LogP contribution in [-0.4, -0.2) is 25.7 Å². The molecule has 0 saturated carbocycles. The largest absolute Gasteiger partial charge is 0.494 e. The molecule has 0 aliphatic carbocycles. The summed E-state index contributed by atoms with van der Waals surface area (Å²) in [6, 6.07) is 5.23. The minimum absolute atomic E-state index is 0.133. The van der Waals surface area contributed by atoms with Crippen molar-refractivity contribution in [3.8, 4) is 5.75 Å². The van der Waals surface area contributed by atoms with Gasteiger partial charge in [0.1, 0.15) is 12.4 Å². The summed E-state index contributed by atoms with van der Waals surface area (Å²) < 4.78 is 11.5. The predicted octanol–water partition coefficient (Wildman–Crippen LogP) is 1.35. The number of hydrogen-bond donors (Lipinski definition) is 2. The number of primary amides is 1. The summed E-state index contributed by atoms with van der Waals surface area (Å²) in [6.45, 7) is 2.54. The van der Waals surface area contributed by atoms with E-state index in [-0.39, 0.29) is 19.3 Å². The molecule has 1 atom stereocenters. The maximum atomic E-state index is 10.6. The predicted molar refractivity (Wildman–Crippen MR) is 72.3 cm³/mol. The van der Waals surface area contributed by atoms with E-state index in [1.807, 2.05) is 25.1 Å². The summed E-state index contributed by atoms with van der Waals surface area (Å²) in [7, 11) is 0. The van der Waals surface area contributed by atoms with Gasteiger partial charge in [0, 0.05) is 10.0 Å². The van der Waals surface area contributed by atoms with Crippen molar-refractivity contribution in [1.82, 2.24) is 0 Å². The summed E-state index contributed by atoms with van der Waals surface area (Å²) in [5.41, 5.74) is 11.8. The Bertz CT molecular complexity index is 412. The minimum atomic E-state index is -0.513. The first-order valence-electron chi connectivity index (χ1n) is 5.58. The van der Waals surface area contributed by atoms with Gasteiger partial charge < -0.3 is 20.9 Å². The molecule has 0 heterocycles. The van der Waals surface area contributed by atoms with Gasteiger partial charge in [-0.3, -0.25) is 4.79 Å². The Morgan fingerprint density at radius 2 is 2.22 bits per heavy atom. The number of ether oxygens (including phenoxy) is 2. The van der Waals surface area contributed by atoms with Gasteiger partial charge in [0.15, 0.2) is 0 Å². The lowest BCUT2D eigenvalue weighted by Gasteiger charge is -2.16. The van der Waals surface area contributed by atoms with E-state index in [1.165, 1.54) is 0 Å². The Morgan fingerprint density at radius 1 is 1.50 bits per heavy atom. The molecule has 0 aliphatic rings. The first-order chi connectivity index (χ1) is 8.54. The van der Waals surface area contributed by atoms with Gasteiger partial charge in [-0.2, -0.15) is 0 Å². The van der Waals surface area contributed by atoms with E-state index in [0.717, 1.165) is 15.8 Å². The molecule has 1 amide bonds. The highest BCUT2D eigenvalue weighted by Crippen LogP contribution is 2.27. The lowest BCUT2D eigenvalue weighted by molar-refractivity contribution is -0.122. The van der Waals surface area contributed by atoms with Crippen molar-refractivity contribution in [1.29, 1.82) is 0 Å². The van der Waals surface area contributed by atoms with Gasteiger partial charge in [-0.05, 0) is 25.1 Å². The molecule has 100 valence electrons. The first-order valence-corrected chi connectivity index (χ1v) is 6.37. The number of nitrogens with two attached hydrogens (primary N) is 2. The Hall–Kier alpha value is -1.11. The zero-order valence-electron chi connectivity index (χ0n) is 10.2. The molecule has 0 fully saturated rings. The second-order valence-electron chi connectivity index (χ2n) is 3.70. The fourth-order valence-electron chi connectivity index (χ4n) is 1.47. The van der Waals surface area contributed by atoms with E-state index in [1.54, 1.807) is 0 Å². The van der Waals surface area contributed by atoms with Gasteiger partial charge >= 0.3 is 0 Å². The third-order valence-electron chi connectivity index (χ3n) is 2.21. The number of amides is 1. The monoisotopic (exact) mass is 316 g/mol. The fraction of sp³-hybridized carbons (Fsp3) is 0.417. The molecule has 1 aromatic rings. The quantitative estimate of drug-likeness (QED) is 0.794. The average Bonchev–Trinajstić information content (AvgIpc) is 2.31. The number of carbonyl (C=O) groups is 1. The van der Waals surface area contributed by atoms with Crippen molar-refractivity contribution in [2.75, 3.05) is 19.8 Å². The van der Waals surface area contributed by atoms with E-state index >= 15 is 0 Å². The lowest BCUT2D eigenvalue weighted by Crippen LogP contribution is -2.23. The topological polar surface area (TPSA) is 87.6 Å². The normalized spacial score (nSPS) is 12.2. The zero-order chi connectivity index (χ0) is 13.5. The number of hydrogen-bond acceptors (Lipinski definition) is 4. The van der Waals surface area contributed by atoms with E-state index in [9.17, 15) is 4.79 Å². The molecule has 1 aromatic carbocycles. The molecule has 0 aliphatic heterocycles. The Kier molecular flexibility index (Phi) is 6.11. The maximum Gasteiger partial charge on any atom is 0.243 e. The molecule has 0 spiro atoms. The van der Waals surface area contributed by atoms with Gasteiger partial charge in [-0.25, -0.2) is 0 Å². The third kappa shape index (κ3) is 4.64. The molecule has 1 rings (SSSR count). The molecular weight excluding hydrogens is 300 g/mol. The molecular formula is C12H17BrN2O3. The zero-order valence-corrected chi connectivity index (χ0v) is 11.8. The molecule has 0 radical (unpaired) electrons. The number of carbonyl (C=O) groups excluding carboxylic acids is 1. The van der Waals surface area contributed by atoms with Crippen LogP contribution in [0.5, 0.6) is 5.75 Å². The summed E-state index contributed by atoms with van der Waals surface area (Å²) in [6.07, 6.45) is 0. The molecule has 1 unspecified atom stereocenters. The van der Waals surface area contributed by atoms with Gasteiger partial charge in [0.2, 0.25) is 5.91 Å². The van der Waals surface area contributed by atoms with Crippen LogP contribution in [-0.2, 0) is 9.53 Å². The maximum absolute atomic E-state index is 10.6. The Morgan fingerprint density at radius 3 is 2.83 bits per heavy atom. The van der Waals surface area contributed by atoms with E-state index in [0.29, 0.717) is 6.61 Å². The van der Waals surface area contributed by atoms with Crippen LogP contribution in [0, 0.1) is 0 Å². The Balaban J connectivity index is 2.72. The third-order valence-corrected chi connectivity index (χ3v) is 2.71. The highest BCUT2D eigenvalue weighted by Gasteiger charge is 2.13. The number of halogens is 1. The average molecular weight is 317 g/mol. The van der Waals surface area contributed by atoms with Gasteiger partial charge in [-0.15, -0.1) is 0 Å². The van der Waals surface area contributed by atoms with Crippen LogP contribution >= 0.6 is 15.9 Å². The second-order valence-corrected chi connectivity index (χ2v) is 4.62. The van der Waals surface area contributed by atoms with Crippen LogP contribution in [0.25, 0.3) is 0 Å². The van der Waals surface area contributed by atoms with Gasteiger partial charge in [0.25, 0.3) is 0 Å². The van der Waals surface area contributed by atoms with Crippen LogP contribution in [0.15, 0.2) is 22.7 Å². The van der Waals surface area contributed by atoms with Crippen LogP contribution in [0.1, 0.15) is 18.5 Å². The van der Waals surface area contributed by atoms with E-state index < -0.39 is 5.91 Å². The molecule has 4 N–H and O–H groups in total. The number of benzene rings is 1. The van der Waals surface area contributed by atoms with Crippen molar-refractivity contribution in [2.24, 2.45) is 11.5 Å². The standard InChI is InChI=1S/C12H17BrN2O3/c1-2-18-11-4-3-8(13)5-9(11)10(14)6-17-7-12(15)16/h3-5,10H,2,6-7,14H2,1H3,(H2,15,16). The summed E-state index contributed by atoms with van der Waals surface area (Å²) in [5, 5.41) is 0. The minimum Gasteiger partial charge on any atom is -0.494 e. The van der Waals surface area contributed by atoms with Gasteiger partial charge in [-0.1, -0.05) is 15.9 Å². The smallest absolute Gasteiger partial charge is 0.243 e. The molecule has 0 aromatic heterocycles. The van der Waals surface area contributed by atoms with Crippen LogP contribution in [0.4, 0.5) is 0 Å². The Labute approximate surface area is 115 Å². The molecule has 6 heteroatoms. The van der Waals surface area contributed by atoms with Crippen molar-refractivity contribution >= 4 is 21.8 Å². The highest BCUT2D eigenvalue weighted by molar-refractivity contribution is 9.10. The van der Waals surface area contributed by atoms with Gasteiger partial charge in [0.05, 0.1) is 19.3 Å². The summed E-state index contributed by atoms with van der Waals surface area (Å²) in [5.74, 6) is 0.206. The summed E-state index contributed by atoms with van der Waals surface area (Å²) in [4.78, 5) is 10.6. The van der Waals surface area contributed by atoms with Crippen molar-refractivity contribution in [3.05, 3.63) is 28.2 Å². The molecule has 0 saturated heterocycles. The van der Waals surface area contributed by atoms with Crippen molar-refractivity contribution < 1.29 is 14.3 Å². The summed E-state index contributed by atoms with van der Waals surface area (Å²) >= 11 is 3.38. The molecule has 0 bridgehead atoms. The van der Waals surface area contributed by atoms with E-state index in [2.05, 4.69) is 15.9 Å². The first kappa shape index (κ1) is 14.9. The number of rotatable bonds is 7. The van der Waals surface area contributed by atoms with Crippen LogP contribution < -0.4 is 16.2 Å². The highest BCUT2D eigenvalue weighted by atomic mass is 79.9. The molecule has 18 heavy (non-hydrogen) atoms. The molecule has 5 nitrogen and oxygen atoms in total. The van der Waals surface area contributed by atoms with E-state index in [4.69, 9.17) is 20.9 Å². The van der Waals surface area contributed by atoms with Crippen molar-refractivity contribution in [3.63, 3.8) is 0 Å². The van der Waals surface area contributed by atoms with Crippen molar-refractivity contribution in [2.45, 2.75) is 13.0 Å². The second kappa shape index (κ2) is 7.35. The fourth-order valence-corrected chi connectivity index (χ4v) is 1.85.